The van der Waals surface area contributed by atoms with Crippen LogP contribution in [0.15, 0.2) is 29.2 Å². The first-order valence-corrected chi connectivity index (χ1v) is 9.55. The van der Waals surface area contributed by atoms with Gasteiger partial charge in [0.25, 0.3) is 5.56 Å². The third-order valence-electron chi connectivity index (χ3n) is 5.32. The highest BCUT2D eigenvalue weighted by atomic mass is 16.2. The first-order chi connectivity index (χ1) is 13.1. The van der Waals surface area contributed by atoms with Crippen LogP contribution in [0.2, 0.25) is 0 Å². The van der Waals surface area contributed by atoms with E-state index in [0.29, 0.717) is 18.6 Å². The molecule has 7 heteroatoms. The van der Waals surface area contributed by atoms with E-state index in [9.17, 15) is 9.59 Å². The minimum atomic E-state index is -0.251. The highest BCUT2D eigenvalue weighted by molar-refractivity contribution is 6.06. The molecule has 1 saturated heterocycles. The Bertz CT molecular complexity index is 1040. The Labute approximate surface area is 157 Å². The van der Waals surface area contributed by atoms with Crippen molar-refractivity contribution in [3.63, 3.8) is 0 Å². The summed E-state index contributed by atoms with van der Waals surface area (Å²) in [7, 11) is 0. The summed E-state index contributed by atoms with van der Waals surface area (Å²) in [6.07, 6.45) is 2.80. The molecule has 1 aliphatic rings. The Balaban J connectivity index is 1.56. The number of aromatic amines is 1. The lowest BCUT2D eigenvalue weighted by Crippen LogP contribution is -2.50. The number of piperazine rings is 1. The third-order valence-corrected chi connectivity index (χ3v) is 5.32. The Morgan fingerprint density at radius 1 is 1.19 bits per heavy atom. The summed E-state index contributed by atoms with van der Waals surface area (Å²) in [5.74, 6) is -0.0490. The Hall–Kier alpha value is -2.67. The van der Waals surface area contributed by atoms with E-state index in [2.05, 4.69) is 21.9 Å². The number of aromatic nitrogens is 3. The normalized spacial score (nSPS) is 15.7. The van der Waals surface area contributed by atoms with Gasteiger partial charge in [0.05, 0.1) is 6.20 Å². The fraction of sp³-hybridized carbons (Fsp3) is 0.450. The fourth-order valence-corrected chi connectivity index (χ4v) is 3.82. The molecule has 3 aromatic rings. The van der Waals surface area contributed by atoms with Crippen LogP contribution in [0.5, 0.6) is 0 Å². The standard InChI is InChI=1S/C20H25N5O2/c1-3-6-23-7-9-24(10-8-23)18(26)13-25-20(27)19-16(12-21-25)15-11-14(2)4-5-17(15)22-19/h4-5,11-12,22H,3,6-10,13H2,1-2H3. The van der Waals surface area contributed by atoms with Gasteiger partial charge in [0, 0.05) is 42.5 Å². The Morgan fingerprint density at radius 3 is 2.70 bits per heavy atom. The molecule has 0 bridgehead atoms. The number of carbonyl (C=O) groups excluding carboxylic acids is 1. The predicted octanol–water partition coefficient (Wildman–Crippen LogP) is 1.74. The van der Waals surface area contributed by atoms with Crippen LogP contribution < -0.4 is 5.56 Å². The number of hydrogen-bond donors (Lipinski definition) is 1. The molecule has 142 valence electrons. The summed E-state index contributed by atoms with van der Waals surface area (Å²) in [6.45, 7) is 8.44. The minimum absolute atomic E-state index is 0.0169. The molecule has 1 fully saturated rings. The molecule has 0 saturated carbocycles. The maximum atomic E-state index is 12.8. The number of nitrogens with zero attached hydrogens (tertiary/aromatic N) is 4. The zero-order chi connectivity index (χ0) is 19.0. The van der Waals surface area contributed by atoms with Gasteiger partial charge >= 0.3 is 0 Å². The maximum Gasteiger partial charge on any atom is 0.291 e. The van der Waals surface area contributed by atoms with Crippen molar-refractivity contribution in [1.29, 1.82) is 0 Å². The largest absolute Gasteiger partial charge is 0.350 e. The van der Waals surface area contributed by atoms with Crippen molar-refractivity contribution in [1.82, 2.24) is 24.6 Å². The number of carbonyl (C=O) groups is 1. The van der Waals surface area contributed by atoms with Gasteiger partial charge in [-0.2, -0.15) is 5.10 Å². The molecule has 27 heavy (non-hydrogen) atoms. The molecule has 1 N–H and O–H groups in total. The SMILES string of the molecule is CCCN1CCN(C(=O)Cn2ncc3c([nH]c4ccc(C)cc43)c2=O)CC1. The zero-order valence-corrected chi connectivity index (χ0v) is 15.9. The number of aryl methyl sites for hydroxylation is 1. The van der Waals surface area contributed by atoms with Crippen molar-refractivity contribution in [2.24, 2.45) is 0 Å². The van der Waals surface area contributed by atoms with E-state index in [0.717, 1.165) is 47.9 Å². The van der Waals surface area contributed by atoms with E-state index >= 15 is 0 Å². The van der Waals surface area contributed by atoms with Crippen LogP contribution in [0.3, 0.4) is 0 Å². The second-order valence-electron chi connectivity index (χ2n) is 7.29. The number of H-pyrrole nitrogens is 1. The Morgan fingerprint density at radius 2 is 1.96 bits per heavy atom. The summed E-state index contributed by atoms with van der Waals surface area (Å²) in [4.78, 5) is 32.8. The average Bonchev–Trinajstić information content (AvgIpc) is 3.03. The first-order valence-electron chi connectivity index (χ1n) is 9.55. The van der Waals surface area contributed by atoms with Gasteiger partial charge in [-0.25, -0.2) is 4.68 Å². The molecule has 0 radical (unpaired) electrons. The smallest absolute Gasteiger partial charge is 0.291 e. The molecular weight excluding hydrogens is 342 g/mol. The minimum Gasteiger partial charge on any atom is -0.350 e. The van der Waals surface area contributed by atoms with Crippen LogP contribution >= 0.6 is 0 Å². The van der Waals surface area contributed by atoms with Crippen LogP contribution in [0.1, 0.15) is 18.9 Å². The molecule has 0 unspecified atom stereocenters. The number of benzene rings is 1. The van der Waals surface area contributed by atoms with Crippen LogP contribution in [0, 0.1) is 6.92 Å². The van der Waals surface area contributed by atoms with Crippen molar-refractivity contribution >= 4 is 27.7 Å². The Kier molecular flexibility index (Phi) is 4.70. The number of rotatable bonds is 4. The molecule has 0 atom stereocenters. The molecular formula is C20H25N5O2. The van der Waals surface area contributed by atoms with Crippen LogP contribution in [-0.2, 0) is 11.3 Å². The average molecular weight is 367 g/mol. The van der Waals surface area contributed by atoms with Crippen LogP contribution in [0.4, 0.5) is 0 Å². The first kappa shape index (κ1) is 17.7. The van der Waals surface area contributed by atoms with Gasteiger partial charge in [-0.05, 0) is 32.0 Å². The number of nitrogens with one attached hydrogen (secondary N) is 1. The van der Waals surface area contributed by atoms with E-state index in [1.165, 1.54) is 4.68 Å². The summed E-state index contributed by atoms with van der Waals surface area (Å²) in [6, 6.07) is 6.02. The molecule has 0 aliphatic carbocycles. The van der Waals surface area contributed by atoms with Gasteiger partial charge in [-0.15, -0.1) is 0 Å². The van der Waals surface area contributed by atoms with E-state index in [4.69, 9.17) is 0 Å². The molecule has 3 heterocycles. The topological polar surface area (TPSA) is 74.2 Å². The number of hydrogen-bond acceptors (Lipinski definition) is 4. The zero-order valence-electron chi connectivity index (χ0n) is 15.9. The summed E-state index contributed by atoms with van der Waals surface area (Å²) >= 11 is 0. The maximum absolute atomic E-state index is 12.8. The molecule has 7 nitrogen and oxygen atoms in total. The lowest BCUT2D eigenvalue weighted by atomic mass is 10.1. The van der Waals surface area contributed by atoms with Crippen molar-refractivity contribution in [3.05, 3.63) is 40.3 Å². The third kappa shape index (κ3) is 3.35. The van der Waals surface area contributed by atoms with Crippen molar-refractivity contribution in [3.8, 4) is 0 Å². The van der Waals surface area contributed by atoms with Gasteiger partial charge in [0.2, 0.25) is 5.91 Å². The number of amides is 1. The van der Waals surface area contributed by atoms with Crippen molar-refractivity contribution in [2.45, 2.75) is 26.8 Å². The summed E-state index contributed by atoms with van der Waals surface area (Å²) in [5.41, 5.74) is 2.29. The van der Waals surface area contributed by atoms with E-state index in [1.807, 2.05) is 30.0 Å². The molecule has 0 spiro atoms. The highest BCUT2D eigenvalue weighted by Gasteiger charge is 2.22. The van der Waals surface area contributed by atoms with Crippen LogP contribution in [-0.4, -0.2) is 63.2 Å². The van der Waals surface area contributed by atoms with E-state index in [1.54, 1.807) is 6.20 Å². The lowest BCUT2D eigenvalue weighted by Gasteiger charge is -2.34. The van der Waals surface area contributed by atoms with E-state index < -0.39 is 0 Å². The molecule has 1 aliphatic heterocycles. The summed E-state index contributed by atoms with van der Waals surface area (Å²) in [5, 5.41) is 6.05. The second kappa shape index (κ2) is 7.15. The quantitative estimate of drug-likeness (QED) is 0.762. The van der Waals surface area contributed by atoms with Gasteiger partial charge in [-0.3, -0.25) is 14.5 Å². The van der Waals surface area contributed by atoms with Crippen molar-refractivity contribution in [2.75, 3.05) is 32.7 Å². The molecule has 1 amide bonds. The van der Waals surface area contributed by atoms with E-state index in [-0.39, 0.29) is 18.0 Å². The predicted molar refractivity (Wildman–Crippen MR) is 106 cm³/mol. The van der Waals surface area contributed by atoms with Gasteiger partial charge < -0.3 is 9.88 Å². The highest BCUT2D eigenvalue weighted by Crippen LogP contribution is 2.23. The molecule has 1 aromatic carbocycles. The van der Waals surface area contributed by atoms with Crippen LogP contribution in [0.25, 0.3) is 21.8 Å². The number of fused-ring (bicyclic) bond motifs is 3. The monoisotopic (exact) mass is 367 g/mol. The lowest BCUT2D eigenvalue weighted by molar-refractivity contribution is -0.133. The molecule has 2 aromatic heterocycles. The fourth-order valence-electron chi connectivity index (χ4n) is 3.82. The summed E-state index contributed by atoms with van der Waals surface area (Å²) < 4.78 is 1.27. The van der Waals surface area contributed by atoms with Crippen molar-refractivity contribution < 1.29 is 4.79 Å². The van der Waals surface area contributed by atoms with Gasteiger partial charge in [0.1, 0.15) is 12.1 Å². The second-order valence-corrected chi connectivity index (χ2v) is 7.29. The molecule has 4 rings (SSSR count). The van der Waals surface area contributed by atoms with Gasteiger partial charge in [-0.1, -0.05) is 18.6 Å². The van der Waals surface area contributed by atoms with Gasteiger partial charge in [0.15, 0.2) is 0 Å².